The molecule has 0 amide bonds. The third-order valence-corrected chi connectivity index (χ3v) is 5.00. The first-order chi connectivity index (χ1) is 11.3. The molecule has 0 unspecified atom stereocenters. The maximum Gasteiger partial charge on any atom is 0.205 e. The molecule has 1 saturated heterocycles. The van der Waals surface area contributed by atoms with Gasteiger partial charge in [-0.1, -0.05) is 0 Å². The predicted molar refractivity (Wildman–Crippen MR) is 91.2 cm³/mol. The minimum atomic E-state index is 0.490. The van der Waals surface area contributed by atoms with E-state index in [2.05, 4.69) is 36.4 Å². The van der Waals surface area contributed by atoms with Gasteiger partial charge in [0, 0.05) is 57.4 Å². The second-order valence-corrected chi connectivity index (χ2v) is 6.38. The van der Waals surface area contributed by atoms with Crippen molar-refractivity contribution in [1.29, 1.82) is 0 Å². The van der Waals surface area contributed by atoms with Crippen LogP contribution < -0.4 is 9.80 Å². The fourth-order valence-corrected chi connectivity index (χ4v) is 3.54. The number of nitrogens with zero attached hydrogens (tertiary/aromatic N) is 6. The van der Waals surface area contributed by atoms with Gasteiger partial charge in [-0.15, -0.1) is 5.10 Å². The summed E-state index contributed by atoms with van der Waals surface area (Å²) in [4.78, 5) is 9.18. The van der Waals surface area contributed by atoms with Crippen molar-refractivity contribution in [1.82, 2.24) is 19.6 Å². The Morgan fingerprint density at radius 3 is 2.91 bits per heavy atom. The molecule has 0 radical (unpaired) electrons. The number of anilines is 2. The summed E-state index contributed by atoms with van der Waals surface area (Å²) in [6.45, 7) is 2.66. The average Bonchev–Trinajstić information content (AvgIpc) is 3.09. The van der Waals surface area contributed by atoms with Crippen molar-refractivity contribution in [2.45, 2.75) is 25.3 Å². The highest BCUT2D eigenvalue weighted by molar-refractivity contribution is 7.09. The van der Waals surface area contributed by atoms with Crippen molar-refractivity contribution < 1.29 is 4.74 Å². The van der Waals surface area contributed by atoms with Crippen LogP contribution in [-0.4, -0.2) is 59.5 Å². The lowest BCUT2D eigenvalue weighted by Gasteiger charge is -2.36. The Morgan fingerprint density at radius 2 is 2.22 bits per heavy atom. The predicted octanol–water partition coefficient (Wildman–Crippen LogP) is 1.62. The van der Waals surface area contributed by atoms with E-state index in [9.17, 15) is 0 Å². The Labute approximate surface area is 140 Å². The molecule has 3 rings (SSSR count). The van der Waals surface area contributed by atoms with Gasteiger partial charge < -0.3 is 14.5 Å². The van der Waals surface area contributed by atoms with E-state index in [-0.39, 0.29) is 0 Å². The van der Waals surface area contributed by atoms with Crippen LogP contribution in [0.4, 0.5) is 10.9 Å². The van der Waals surface area contributed by atoms with Gasteiger partial charge in [0.2, 0.25) is 5.13 Å². The van der Waals surface area contributed by atoms with E-state index in [4.69, 9.17) is 4.74 Å². The molecule has 8 heteroatoms. The third-order valence-electron chi connectivity index (χ3n) is 4.19. The zero-order valence-corrected chi connectivity index (χ0v) is 14.4. The zero-order chi connectivity index (χ0) is 16.1. The quantitative estimate of drug-likeness (QED) is 0.795. The van der Waals surface area contributed by atoms with Crippen LogP contribution in [0.15, 0.2) is 18.3 Å². The molecule has 7 nitrogen and oxygen atoms in total. The molecule has 0 aromatic carbocycles. The standard InChI is InChI=1S/C15H22N6OS/c1-20(14-4-3-8-16-18-14)12-5-9-21(10-6-12)15-17-13(19-23-15)7-11-22-2/h3-4,8,12H,5-7,9-11H2,1-2H3. The van der Waals surface area contributed by atoms with Crippen molar-refractivity contribution in [2.24, 2.45) is 0 Å². The molecular formula is C15H22N6OS. The second kappa shape index (κ2) is 7.65. The van der Waals surface area contributed by atoms with Crippen molar-refractivity contribution in [3.05, 3.63) is 24.2 Å². The topological polar surface area (TPSA) is 67.3 Å². The van der Waals surface area contributed by atoms with Crippen LogP contribution in [0.2, 0.25) is 0 Å². The second-order valence-electron chi connectivity index (χ2n) is 5.65. The average molecular weight is 334 g/mol. The molecule has 0 N–H and O–H groups in total. The summed E-state index contributed by atoms with van der Waals surface area (Å²) in [5, 5.41) is 9.18. The van der Waals surface area contributed by atoms with Gasteiger partial charge in [-0.2, -0.15) is 9.47 Å². The fourth-order valence-electron chi connectivity index (χ4n) is 2.78. The van der Waals surface area contributed by atoms with Crippen molar-refractivity contribution in [3.8, 4) is 0 Å². The molecule has 0 saturated carbocycles. The Morgan fingerprint density at radius 1 is 1.39 bits per heavy atom. The lowest BCUT2D eigenvalue weighted by atomic mass is 10.0. The van der Waals surface area contributed by atoms with E-state index in [1.807, 2.05) is 12.1 Å². The first-order valence-corrected chi connectivity index (χ1v) is 8.62. The summed E-state index contributed by atoms with van der Waals surface area (Å²) in [5.41, 5.74) is 0. The van der Waals surface area contributed by atoms with Crippen LogP contribution >= 0.6 is 11.5 Å². The van der Waals surface area contributed by atoms with Crippen molar-refractivity contribution in [2.75, 3.05) is 43.7 Å². The van der Waals surface area contributed by atoms with Gasteiger partial charge in [-0.3, -0.25) is 0 Å². The van der Waals surface area contributed by atoms with E-state index in [1.165, 1.54) is 11.5 Å². The van der Waals surface area contributed by atoms with Crippen LogP contribution in [0.3, 0.4) is 0 Å². The lowest BCUT2D eigenvalue weighted by molar-refractivity contribution is 0.201. The van der Waals surface area contributed by atoms with Crippen LogP contribution in [0.5, 0.6) is 0 Å². The van der Waals surface area contributed by atoms with Gasteiger partial charge in [0.25, 0.3) is 0 Å². The number of hydrogen-bond acceptors (Lipinski definition) is 8. The molecule has 2 aromatic heterocycles. The molecule has 0 aliphatic carbocycles. The SMILES string of the molecule is COCCc1nsc(N2CCC(N(C)c3cccnn3)CC2)n1. The van der Waals surface area contributed by atoms with Crippen LogP contribution in [0.25, 0.3) is 0 Å². The normalized spacial score (nSPS) is 15.8. The summed E-state index contributed by atoms with van der Waals surface area (Å²) >= 11 is 1.49. The number of aromatic nitrogens is 4. The lowest BCUT2D eigenvalue weighted by Crippen LogP contribution is -2.43. The summed E-state index contributed by atoms with van der Waals surface area (Å²) < 4.78 is 9.49. The maximum absolute atomic E-state index is 5.08. The molecule has 23 heavy (non-hydrogen) atoms. The molecule has 1 fully saturated rings. The van der Waals surface area contributed by atoms with Gasteiger partial charge in [0.1, 0.15) is 5.82 Å². The highest BCUT2D eigenvalue weighted by atomic mass is 32.1. The molecule has 0 bridgehead atoms. The highest BCUT2D eigenvalue weighted by Crippen LogP contribution is 2.25. The minimum Gasteiger partial charge on any atom is -0.384 e. The van der Waals surface area contributed by atoms with Crippen LogP contribution in [0.1, 0.15) is 18.7 Å². The van der Waals surface area contributed by atoms with Crippen LogP contribution in [-0.2, 0) is 11.2 Å². The zero-order valence-electron chi connectivity index (χ0n) is 13.6. The molecule has 0 atom stereocenters. The maximum atomic E-state index is 5.08. The monoisotopic (exact) mass is 334 g/mol. The highest BCUT2D eigenvalue weighted by Gasteiger charge is 2.25. The molecule has 1 aliphatic rings. The van der Waals surface area contributed by atoms with E-state index in [0.717, 1.165) is 49.1 Å². The fraction of sp³-hybridized carbons (Fsp3) is 0.600. The number of piperidine rings is 1. The van der Waals surface area contributed by atoms with Gasteiger partial charge in [-0.25, -0.2) is 4.98 Å². The first-order valence-electron chi connectivity index (χ1n) is 7.85. The van der Waals surface area contributed by atoms with Crippen LogP contribution in [0, 0.1) is 0 Å². The van der Waals surface area contributed by atoms with E-state index in [1.54, 1.807) is 13.3 Å². The molecule has 3 heterocycles. The molecule has 0 spiro atoms. The van der Waals surface area contributed by atoms with Crippen molar-refractivity contribution in [3.63, 3.8) is 0 Å². The summed E-state index contributed by atoms with van der Waals surface area (Å²) in [6.07, 6.45) is 4.65. The Kier molecular flexibility index (Phi) is 5.35. The van der Waals surface area contributed by atoms with Gasteiger partial charge in [0.05, 0.1) is 6.61 Å². The molecular weight excluding hydrogens is 312 g/mol. The van der Waals surface area contributed by atoms with Gasteiger partial charge in [-0.05, 0) is 25.0 Å². The Balaban J connectivity index is 1.55. The van der Waals surface area contributed by atoms with Crippen molar-refractivity contribution >= 4 is 22.5 Å². The molecule has 124 valence electrons. The number of rotatable bonds is 6. The Bertz CT molecular complexity index is 599. The summed E-state index contributed by atoms with van der Waals surface area (Å²) in [7, 11) is 3.80. The summed E-state index contributed by atoms with van der Waals surface area (Å²) in [5.74, 6) is 1.81. The van der Waals surface area contributed by atoms with E-state index >= 15 is 0 Å². The van der Waals surface area contributed by atoms with Gasteiger partial charge in [0.15, 0.2) is 5.82 Å². The van der Waals surface area contributed by atoms with E-state index < -0.39 is 0 Å². The largest absolute Gasteiger partial charge is 0.384 e. The first kappa shape index (κ1) is 16.1. The summed E-state index contributed by atoms with van der Waals surface area (Å²) in [6, 6.07) is 4.42. The minimum absolute atomic E-state index is 0.490. The van der Waals surface area contributed by atoms with E-state index in [0.29, 0.717) is 12.6 Å². The number of methoxy groups -OCH3 is 1. The number of ether oxygens (including phenoxy) is 1. The smallest absolute Gasteiger partial charge is 0.205 e. The number of hydrogen-bond donors (Lipinski definition) is 0. The Hall–Kier alpha value is -1.80. The molecule has 2 aromatic rings. The third kappa shape index (κ3) is 3.94. The van der Waals surface area contributed by atoms with Gasteiger partial charge >= 0.3 is 0 Å². The molecule has 1 aliphatic heterocycles.